The third kappa shape index (κ3) is 7.12. The van der Waals surface area contributed by atoms with Crippen LogP contribution in [-0.4, -0.2) is 66.4 Å². The number of rotatable bonds is 8. The predicted molar refractivity (Wildman–Crippen MR) is 98.7 cm³/mol. The molecule has 1 aliphatic rings. The first kappa shape index (κ1) is 22.2. The molecule has 0 aliphatic carbocycles. The van der Waals surface area contributed by atoms with Gasteiger partial charge >= 0.3 is 6.18 Å². The number of hydrogen-bond donors (Lipinski definition) is 1. The molecule has 1 aromatic rings. The summed E-state index contributed by atoms with van der Waals surface area (Å²) in [6.07, 6.45) is -2.81. The zero-order valence-corrected chi connectivity index (χ0v) is 15.9. The van der Waals surface area contributed by atoms with E-state index in [0.717, 1.165) is 17.8 Å². The molecule has 0 radical (unpaired) electrons. The van der Waals surface area contributed by atoms with Gasteiger partial charge in [-0.15, -0.1) is 0 Å². The molecule has 156 valence electrons. The van der Waals surface area contributed by atoms with Crippen LogP contribution in [0.25, 0.3) is 0 Å². The van der Waals surface area contributed by atoms with E-state index in [1.807, 2.05) is 11.9 Å². The Bertz CT molecular complexity index is 670. The standard InChI is InChI=1S/C19H26F3N3O3/c1-24(11-12-26)8-7-18(27)25-9-5-17(6-10-25)23-28-14-15-3-2-4-16(13-15)19(20,21)22/h2-4,13,26H,5-12,14H2,1H3. The Kier molecular flexibility index (Phi) is 8.25. The van der Waals surface area contributed by atoms with Crippen LogP contribution in [-0.2, 0) is 22.4 Å². The molecular formula is C19H26F3N3O3. The Balaban J connectivity index is 1.74. The summed E-state index contributed by atoms with van der Waals surface area (Å²) in [6.45, 7) is 2.26. The van der Waals surface area contributed by atoms with Crippen molar-refractivity contribution in [2.75, 3.05) is 39.8 Å². The minimum atomic E-state index is -4.38. The van der Waals surface area contributed by atoms with Gasteiger partial charge in [0.25, 0.3) is 0 Å². The second-order valence-electron chi connectivity index (χ2n) is 6.79. The van der Waals surface area contributed by atoms with Crippen LogP contribution in [0.2, 0.25) is 0 Å². The van der Waals surface area contributed by atoms with E-state index in [1.54, 1.807) is 11.0 Å². The molecule has 0 unspecified atom stereocenters. The minimum Gasteiger partial charge on any atom is -0.395 e. The van der Waals surface area contributed by atoms with E-state index < -0.39 is 11.7 Å². The van der Waals surface area contributed by atoms with Gasteiger partial charge in [-0.1, -0.05) is 17.3 Å². The summed E-state index contributed by atoms with van der Waals surface area (Å²) in [7, 11) is 1.85. The summed E-state index contributed by atoms with van der Waals surface area (Å²) >= 11 is 0. The van der Waals surface area contributed by atoms with Gasteiger partial charge in [0.05, 0.1) is 17.9 Å². The van der Waals surface area contributed by atoms with Crippen molar-refractivity contribution in [1.82, 2.24) is 9.80 Å². The molecule has 0 spiro atoms. The minimum absolute atomic E-state index is 0.0345. The molecule has 0 atom stereocenters. The highest BCUT2D eigenvalue weighted by Gasteiger charge is 2.30. The number of oxime groups is 1. The highest BCUT2D eigenvalue weighted by molar-refractivity contribution is 5.87. The first-order chi connectivity index (χ1) is 13.3. The van der Waals surface area contributed by atoms with Crippen molar-refractivity contribution in [2.45, 2.75) is 32.0 Å². The maximum absolute atomic E-state index is 12.7. The largest absolute Gasteiger partial charge is 0.416 e. The first-order valence-corrected chi connectivity index (χ1v) is 9.20. The van der Waals surface area contributed by atoms with E-state index in [9.17, 15) is 18.0 Å². The summed E-state index contributed by atoms with van der Waals surface area (Å²) in [5.41, 5.74) is 0.491. The Morgan fingerprint density at radius 3 is 2.64 bits per heavy atom. The lowest BCUT2D eigenvalue weighted by atomic mass is 10.1. The molecule has 0 saturated carbocycles. The summed E-state index contributed by atoms with van der Waals surface area (Å²) in [5, 5.41) is 12.9. The lowest BCUT2D eigenvalue weighted by molar-refractivity contribution is -0.137. The van der Waals surface area contributed by atoms with Crippen LogP contribution in [0.1, 0.15) is 30.4 Å². The fourth-order valence-corrected chi connectivity index (χ4v) is 2.87. The fraction of sp³-hybridized carbons (Fsp3) is 0.579. The number of alkyl halides is 3. The molecule has 1 fully saturated rings. The van der Waals surface area contributed by atoms with Crippen LogP contribution in [0.5, 0.6) is 0 Å². The van der Waals surface area contributed by atoms with Crippen LogP contribution >= 0.6 is 0 Å². The highest BCUT2D eigenvalue weighted by atomic mass is 19.4. The smallest absolute Gasteiger partial charge is 0.395 e. The number of aliphatic hydroxyl groups excluding tert-OH is 1. The van der Waals surface area contributed by atoms with Crippen molar-refractivity contribution < 1.29 is 27.9 Å². The number of halogens is 3. The molecular weight excluding hydrogens is 375 g/mol. The normalized spacial score (nSPS) is 15.1. The summed E-state index contributed by atoms with van der Waals surface area (Å²) in [6, 6.07) is 4.97. The molecule has 1 saturated heterocycles. The molecule has 2 rings (SSSR count). The molecule has 1 heterocycles. The van der Waals surface area contributed by atoms with Crippen LogP contribution in [0.3, 0.4) is 0 Å². The van der Waals surface area contributed by atoms with Gasteiger partial charge in [-0.2, -0.15) is 13.2 Å². The molecule has 9 heteroatoms. The predicted octanol–water partition coefficient (Wildman–Crippen LogP) is 2.51. The SMILES string of the molecule is CN(CCO)CCC(=O)N1CCC(=NOCc2cccc(C(F)(F)F)c2)CC1. The average Bonchev–Trinajstić information content (AvgIpc) is 2.66. The van der Waals surface area contributed by atoms with Crippen molar-refractivity contribution in [1.29, 1.82) is 0 Å². The Morgan fingerprint density at radius 1 is 1.29 bits per heavy atom. The van der Waals surface area contributed by atoms with Gasteiger partial charge in [0, 0.05) is 45.4 Å². The number of carbonyl (C=O) groups excluding carboxylic acids is 1. The van der Waals surface area contributed by atoms with Crippen LogP contribution in [0.15, 0.2) is 29.4 Å². The van der Waals surface area contributed by atoms with E-state index in [4.69, 9.17) is 9.94 Å². The second kappa shape index (κ2) is 10.4. The van der Waals surface area contributed by atoms with Crippen molar-refractivity contribution in [2.24, 2.45) is 5.16 Å². The van der Waals surface area contributed by atoms with Gasteiger partial charge in [0.2, 0.25) is 5.91 Å². The molecule has 6 nitrogen and oxygen atoms in total. The molecule has 1 aliphatic heterocycles. The number of piperidine rings is 1. The molecule has 28 heavy (non-hydrogen) atoms. The number of benzene rings is 1. The zero-order valence-electron chi connectivity index (χ0n) is 15.9. The van der Waals surface area contributed by atoms with E-state index >= 15 is 0 Å². The van der Waals surface area contributed by atoms with Gasteiger partial charge in [0.1, 0.15) is 6.61 Å². The second-order valence-corrected chi connectivity index (χ2v) is 6.79. The summed E-state index contributed by atoms with van der Waals surface area (Å²) < 4.78 is 38.1. The van der Waals surface area contributed by atoms with Gasteiger partial charge in [-0.25, -0.2) is 0 Å². The number of amides is 1. The maximum Gasteiger partial charge on any atom is 0.416 e. The van der Waals surface area contributed by atoms with Gasteiger partial charge < -0.3 is 19.7 Å². The van der Waals surface area contributed by atoms with Gasteiger partial charge in [0.15, 0.2) is 0 Å². The summed E-state index contributed by atoms with van der Waals surface area (Å²) in [4.78, 5) is 21.1. The lowest BCUT2D eigenvalue weighted by Gasteiger charge is -2.28. The molecule has 0 bridgehead atoms. The van der Waals surface area contributed by atoms with E-state index in [-0.39, 0.29) is 19.1 Å². The Morgan fingerprint density at radius 2 is 2.00 bits per heavy atom. The third-order valence-electron chi connectivity index (χ3n) is 4.56. The average molecular weight is 401 g/mol. The quantitative estimate of drug-likeness (QED) is 0.680. The monoisotopic (exact) mass is 401 g/mol. The maximum atomic E-state index is 12.7. The van der Waals surface area contributed by atoms with Gasteiger partial charge in [-0.05, 0) is 24.7 Å². The number of carbonyl (C=O) groups is 1. The summed E-state index contributed by atoms with van der Waals surface area (Å²) in [5.74, 6) is 0.0636. The van der Waals surface area contributed by atoms with Crippen LogP contribution in [0.4, 0.5) is 13.2 Å². The third-order valence-corrected chi connectivity index (χ3v) is 4.56. The number of aliphatic hydroxyl groups is 1. The van der Waals surface area contributed by atoms with E-state index in [2.05, 4.69) is 5.16 Å². The Hall–Kier alpha value is -2.13. The van der Waals surface area contributed by atoms with Gasteiger partial charge in [-0.3, -0.25) is 4.79 Å². The molecule has 1 N–H and O–H groups in total. The molecule has 1 amide bonds. The highest BCUT2D eigenvalue weighted by Crippen LogP contribution is 2.29. The first-order valence-electron chi connectivity index (χ1n) is 9.20. The van der Waals surface area contributed by atoms with Crippen LogP contribution in [0, 0.1) is 0 Å². The molecule has 0 aromatic heterocycles. The number of hydrogen-bond acceptors (Lipinski definition) is 5. The lowest BCUT2D eigenvalue weighted by Crippen LogP contribution is -2.40. The fourth-order valence-electron chi connectivity index (χ4n) is 2.87. The number of nitrogens with zero attached hydrogens (tertiary/aromatic N) is 3. The van der Waals surface area contributed by atoms with Crippen LogP contribution < -0.4 is 0 Å². The van der Waals surface area contributed by atoms with Crippen molar-refractivity contribution >= 4 is 11.6 Å². The zero-order chi connectivity index (χ0) is 20.6. The van der Waals surface area contributed by atoms with E-state index in [0.29, 0.717) is 51.0 Å². The topological polar surface area (TPSA) is 65.4 Å². The van der Waals surface area contributed by atoms with E-state index in [1.165, 1.54) is 6.07 Å². The number of likely N-dealkylation sites (N-methyl/N-ethyl adjacent to an activating group) is 1. The molecule has 1 aromatic carbocycles. The Labute approximate surface area is 162 Å². The van der Waals surface area contributed by atoms with Crippen molar-refractivity contribution in [3.63, 3.8) is 0 Å². The van der Waals surface area contributed by atoms with Crippen molar-refractivity contribution in [3.8, 4) is 0 Å². The van der Waals surface area contributed by atoms with Crippen molar-refractivity contribution in [3.05, 3.63) is 35.4 Å². The number of likely N-dealkylation sites (tertiary alicyclic amines) is 1.